The van der Waals surface area contributed by atoms with E-state index in [1.165, 1.54) is 44.9 Å². The maximum atomic E-state index is 11.6. The van der Waals surface area contributed by atoms with Gasteiger partial charge in [-0.1, -0.05) is 58.3 Å². The van der Waals surface area contributed by atoms with Crippen LogP contribution in [-0.2, 0) is 23.3 Å². The van der Waals surface area contributed by atoms with E-state index in [1.807, 2.05) is 34.9 Å². The summed E-state index contributed by atoms with van der Waals surface area (Å²) in [6, 6.07) is 0. The molecule has 5 heteroatoms. The standard InChI is InChI=1S/C17H31N2O2.ClH/c1-3-4-5-6-7-8-9-10-11-12-17(20)21-16-19-14-13-18(2)15-19;/h13-15H,3-12,16H2,1-2H3;1H/q+1;/p-1. The molecule has 0 saturated carbocycles. The molecule has 0 saturated heterocycles. The molecule has 0 unspecified atom stereocenters. The van der Waals surface area contributed by atoms with E-state index in [1.54, 1.807) is 0 Å². The van der Waals surface area contributed by atoms with Gasteiger partial charge in [-0.2, -0.15) is 0 Å². The Kier molecular flexibility index (Phi) is 13.0. The highest BCUT2D eigenvalue weighted by Gasteiger charge is 2.05. The number of hydrogen-bond donors (Lipinski definition) is 0. The lowest BCUT2D eigenvalue weighted by molar-refractivity contribution is -0.727. The SMILES string of the molecule is CCCCCCCCCCCC(=O)OC[n+]1ccn(C)c1.[Cl-]. The van der Waals surface area contributed by atoms with Gasteiger partial charge < -0.3 is 17.1 Å². The van der Waals surface area contributed by atoms with E-state index in [-0.39, 0.29) is 18.4 Å². The fourth-order valence-corrected chi connectivity index (χ4v) is 2.38. The van der Waals surface area contributed by atoms with Gasteiger partial charge in [0.25, 0.3) is 0 Å². The molecule has 0 atom stereocenters. The molecule has 1 aromatic rings. The van der Waals surface area contributed by atoms with Crippen LogP contribution in [0.15, 0.2) is 18.7 Å². The number of carbonyl (C=O) groups is 1. The largest absolute Gasteiger partial charge is 1.00 e. The van der Waals surface area contributed by atoms with Crippen LogP contribution in [0.5, 0.6) is 0 Å². The van der Waals surface area contributed by atoms with Crippen molar-refractivity contribution >= 4 is 5.97 Å². The molecule has 22 heavy (non-hydrogen) atoms. The third kappa shape index (κ3) is 10.7. The highest BCUT2D eigenvalue weighted by molar-refractivity contribution is 5.68. The summed E-state index contributed by atoms with van der Waals surface area (Å²) in [5, 5.41) is 0. The van der Waals surface area contributed by atoms with E-state index in [9.17, 15) is 4.79 Å². The molecule has 1 rings (SSSR count). The lowest BCUT2D eigenvalue weighted by Crippen LogP contribution is -3.00. The molecule has 0 aliphatic heterocycles. The number of halogens is 1. The van der Waals surface area contributed by atoms with Gasteiger partial charge >= 0.3 is 5.97 Å². The predicted octanol–water partition coefficient (Wildman–Crippen LogP) is 0.738. The van der Waals surface area contributed by atoms with Gasteiger partial charge in [0.1, 0.15) is 12.4 Å². The first-order chi connectivity index (χ1) is 10.2. The zero-order chi connectivity index (χ0) is 15.3. The van der Waals surface area contributed by atoms with Crippen LogP contribution in [0.1, 0.15) is 71.1 Å². The monoisotopic (exact) mass is 330 g/mol. The molecule has 0 bridgehead atoms. The average Bonchev–Trinajstić information content (AvgIpc) is 2.89. The van der Waals surface area contributed by atoms with E-state index >= 15 is 0 Å². The van der Waals surface area contributed by atoms with Crippen LogP contribution in [0.3, 0.4) is 0 Å². The molecular formula is C17H31ClN2O2. The smallest absolute Gasteiger partial charge is 0.308 e. The zero-order valence-electron chi connectivity index (χ0n) is 14.1. The van der Waals surface area contributed by atoms with Crippen molar-refractivity contribution in [3.8, 4) is 0 Å². The number of unbranched alkanes of at least 4 members (excludes halogenated alkanes) is 8. The van der Waals surface area contributed by atoms with Crippen LogP contribution >= 0.6 is 0 Å². The van der Waals surface area contributed by atoms with Crippen molar-refractivity contribution < 1.29 is 26.5 Å². The normalized spacial score (nSPS) is 10.3. The molecule has 0 aromatic carbocycles. The predicted molar refractivity (Wildman–Crippen MR) is 83.5 cm³/mol. The zero-order valence-corrected chi connectivity index (χ0v) is 14.9. The van der Waals surface area contributed by atoms with Crippen molar-refractivity contribution in [3.05, 3.63) is 18.7 Å². The topological polar surface area (TPSA) is 35.1 Å². The summed E-state index contributed by atoms with van der Waals surface area (Å²) in [6.45, 7) is 2.56. The Morgan fingerprint density at radius 1 is 1.05 bits per heavy atom. The number of nitrogens with zero attached hydrogens (tertiary/aromatic N) is 2. The number of aryl methyl sites for hydroxylation is 1. The summed E-state index contributed by atoms with van der Waals surface area (Å²) in [4.78, 5) is 11.6. The van der Waals surface area contributed by atoms with Crippen molar-refractivity contribution in [2.45, 2.75) is 77.9 Å². The van der Waals surface area contributed by atoms with Crippen LogP contribution in [0.25, 0.3) is 0 Å². The average molecular weight is 331 g/mol. The molecule has 128 valence electrons. The Hall–Kier alpha value is -1.03. The van der Waals surface area contributed by atoms with Crippen LogP contribution in [-0.4, -0.2) is 10.5 Å². The Balaban J connectivity index is 0.00000441. The number of hydrogen-bond acceptors (Lipinski definition) is 2. The minimum atomic E-state index is -0.0886. The molecule has 1 aromatic heterocycles. The lowest BCUT2D eigenvalue weighted by atomic mass is 10.1. The van der Waals surface area contributed by atoms with Crippen LogP contribution in [0.4, 0.5) is 0 Å². The molecule has 0 spiro atoms. The number of imidazole rings is 1. The van der Waals surface area contributed by atoms with E-state index in [2.05, 4.69) is 6.92 Å². The Morgan fingerprint density at radius 3 is 2.18 bits per heavy atom. The summed E-state index contributed by atoms with van der Waals surface area (Å²) >= 11 is 0. The maximum absolute atomic E-state index is 11.6. The summed E-state index contributed by atoms with van der Waals surface area (Å²) in [7, 11) is 1.95. The van der Waals surface area contributed by atoms with Gasteiger partial charge in [0.2, 0.25) is 13.1 Å². The second-order valence-electron chi connectivity index (χ2n) is 5.82. The number of ether oxygens (including phenoxy) is 1. The molecule has 4 nitrogen and oxygen atoms in total. The maximum Gasteiger partial charge on any atom is 0.308 e. The fraction of sp³-hybridized carbons (Fsp3) is 0.765. The second kappa shape index (κ2) is 13.6. The van der Waals surface area contributed by atoms with E-state index in [4.69, 9.17) is 4.74 Å². The molecule has 0 fully saturated rings. The van der Waals surface area contributed by atoms with Crippen molar-refractivity contribution in [2.75, 3.05) is 0 Å². The van der Waals surface area contributed by atoms with E-state index < -0.39 is 0 Å². The number of esters is 1. The summed E-state index contributed by atoms with van der Waals surface area (Å²) in [6.07, 6.45) is 17.7. The van der Waals surface area contributed by atoms with Gasteiger partial charge in [0.05, 0.1) is 7.05 Å². The summed E-state index contributed by atoms with van der Waals surface area (Å²) < 4.78 is 9.00. The van der Waals surface area contributed by atoms with Crippen LogP contribution in [0, 0.1) is 0 Å². The molecule has 0 aliphatic rings. The quantitative estimate of drug-likeness (QED) is 0.322. The molecular weight excluding hydrogens is 300 g/mol. The molecule has 0 amide bonds. The molecule has 1 heterocycles. The van der Waals surface area contributed by atoms with Crippen molar-refractivity contribution in [1.82, 2.24) is 4.57 Å². The van der Waals surface area contributed by atoms with Gasteiger partial charge in [-0.3, -0.25) is 4.79 Å². The Morgan fingerprint density at radius 2 is 1.64 bits per heavy atom. The van der Waals surface area contributed by atoms with Gasteiger partial charge in [0, 0.05) is 6.42 Å². The molecule has 0 aliphatic carbocycles. The minimum absolute atomic E-state index is 0. The minimum Gasteiger partial charge on any atom is -1.00 e. The van der Waals surface area contributed by atoms with E-state index in [0.717, 1.165) is 12.8 Å². The van der Waals surface area contributed by atoms with Crippen LogP contribution in [0.2, 0.25) is 0 Å². The van der Waals surface area contributed by atoms with Crippen molar-refractivity contribution in [3.63, 3.8) is 0 Å². The van der Waals surface area contributed by atoms with Crippen molar-refractivity contribution in [1.29, 1.82) is 0 Å². The molecule has 0 radical (unpaired) electrons. The Labute approximate surface area is 141 Å². The lowest BCUT2D eigenvalue weighted by Gasteiger charge is -2.03. The van der Waals surface area contributed by atoms with Gasteiger partial charge in [-0.25, -0.2) is 9.13 Å². The summed E-state index contributed by atoms with van der Waals surface area (Å²) in [5.41, 5.74) is 0. The van der Waals surface area contributed by atoms with Gasteiger partial charge in [-0.05, 0) is 6.42 Å². The second-order valence-corrected chi connectivity index (χ2v) is 5.82. The third-order valence-corrected chi connectivity index (χ3v) is 3.68. The fourth-order valence-electron chi connectivity index (χ4n) is 2.38. The highest BCUT2D eigenvalue weighted by atomic mass is 35.5. The first kappa shape index (κ1) is 21.0. The first-order valence-electron chi connectivity index (χ1n) is 8.39. The summed E-state index contributed by atoms with van der Waals surface area (Å²) in [5.74, 6) is -0.0886. The number of carbonyl (C=O) groups excluding carboxylic acids is 1. The van der Waals surface area contributed by atoms with Crippen molar-refractivity contribution in [2.24, 2.45) is 7.05 Å². The number of rotatable bonds is 12. The Bertz CT molecular complexity index is 394. The van der Waals surface area contributed by atoms with Gasteiger partial charge in [0.15, 0.2) is 0 Å². The van der Waals surface area contributed by atoms with Crippen LogP contribution < -0.4 is 17.0 Å². The third-order valence-electron chi connectivity index (χ3n) is 3.68. The first-order valence-corrected chi connectivity index (χ1v) is 8.39. The molecule has 0 N–H and O–H groups in total. The number of aromatic nitrogens is 2. The highest BCUT2D eigenvalue weighted by Crippen LogP contribution is 2.10. The van der Waals surface area contributed by atoms with E-state index in [0.29, 0.717) is 13.2 Å². The van der Waals surface area contributed by atoms with Gasteiger partial charge in [-0.15, -0.1) is 0 Å².